The number of fused-ring (bicyclic) bond motifs is 3. The van der Waals surface area contributed by atoms with Gasteiger partial charge >= 0.3 is 0 Å². The van der Waals surface area contributed by atoms with E-state index in [9.17, 15) is 0 Å². The summed E-state index contributed by atoms with van der Waals surface area (Å²) in [6.07, 6.45) is 6.71. The van der Waals surface area contributed by atoms with Gasteiger partial charge in [0.25, 0.3) is 0 Å². The number of nitrogens with zero attached hydrogens (tertiary/aromatic N) is 1. The number of hydrogen-bond acceptors (Lipinski definition) is 2. The third-order valence-electron chi connectivity index (χ3n) is 4.89. The fraction of sp³-hybridized carbons (Fsp3) is 0.381. The zero-order valence-electron chi connectivity index (χ0n) is 14.1. The van der Waals surface area contributed by atoms with Gasteiger partial charge in [-0.2, -0.15) is 0 Å². The van der Waals surface area contributed by atoms with Crippen LogP contribution in [0.2, 0.25) is 0 Å². The molecule has 4 rings (SSSR count). The van der Waals surface area contributed by atoms with Crippen LogP contribution in [0, 0.1) is 0 Å². The molecule has 0 atom stereocenters. The Morgan fingerprint density at radius 2 is 1.83 bits per heavy atom. The molecule has 2 nitrogen and oxygen atoms in total. The molecule has 0 amide bonds. The monoisotopic (exact) mass is 305 g/mol. The summed E-state index contributed by atoms with van der Waals surface area (Å²) in [5.41, 5.74) is 5.91. The van der Waals surface area contributed by atoms with E-state index in [-0.39, 0.29) is 5.41 Å². The first-order valence-electron chi connectivity index (χ1n) is 8.54. The molecule has 2 heterocycles. The van der Waals surface area contributed by atoms with Crippen molar-refractivity contribution in [2.45, 2.75) is 51.9 Å². The van der Waals surface area contributed by atoms with Gasteiger partial charge in [0.2, 0.25) is 0 Å². The predicted molar refractivity (Wildman–Crippen MR) is 94.8 cm³/mol. The van der Waals surface area contributed by atoms with Crippen LogP contribution in [0.15, 0.2) is 40.9 Å². The molecule has 0 saturated carbocycles. The lowest BCUT2D eigenvalue weighted by atomic mass is 9.88. The normalized spacial score (nSPS) is 14.9. The predicted octanol–water partition coefficient (Wildman–Crippen LogP) is 5.67. The molecule has 0 radical (unpaired) electrons. The van der Waals surface area contributed by atoms with Gasteiger partial charge in [0.15, 0.2) is 0 Å². The van der Waals surface area contributed by atoms with Crippen LogP contribution in [0.25, 0.3) is 22.2 Å². The van der Waals surface area contributed by atoms with Gasteiger partial charge < -0.3 is 4.42 Å². The molecule has 23 heavy (non-hydrogen) atoms. The number of aromatic nitrogens is 1. The highest BCUT2D eigenvalue weighted by Gasteiger charge is 2.20. The molecule has 0 aliphatic heterocycles. The molecule has 3 aromatic rings. The van der Waals surface area contributed by atoms with Crippen LogP contribution in [-0.4, -0.2) is 4.98 Å². The van der Waals surface area contributed by atoms with Gasteiger partial charge in [0.1, 0.15) is 11.3 Å². The molecule has 0 saturated heterocycles. The van der Waals surface area contributed by atoms with Gasteiger partial charge in [0.05, 0.1) is 5.69 Å². The summed E-state index contributed by atoms with van der Waals surface area (Å²) in [7, 11) is 0. The number of para-hydroxylation sites is 1. The topological polar surface area (TPSA) is 26.0 Å². The minimum absolute atomic E-state index is 0.126. The van der Waals surface area contributed by atoms with Gasteiger partial charge in [0, 0.05) is 29.1 Å². The van der Waals surface area contributed by atoms with Crippen LogP contribution in [0.3, 0.4) is 0 Å². The second-order valence-electron chi connectivity index (χ2n) is 7.58. The van der Waals surface area contributed by atoms with Crippen LogP contribution in [0.4, 0.5) is 0 Å². The molecule has 118 valence electrons. The number of rotatable bonds is 1. The zero-order chi connectivity index (χ0) is 16.0. The summed E-state index contributed by atoms with van der Waals surface area (Å²) < 4.78 is 6.23. The Morgan fingerprint density at radius 3 is 2.57 bits per heavy atom. The van der Waals surface area contributed by atoms with Crippen molar-refractivity contribution in [2.24, 2.45) is 0 Å². The van der Waals surface area contributed by atoms with Crippen molar-refractivity contribution in [1.29, 1.82) is 0 Å². The van der Waals surface area contributed by atoms with Crippen molar-refractivity contribution in [3.05, 3.63) is 53.4 Å². The second kappa shape index (κ2) is 5.23. The van der Waals surface area contributed by atoms with Gasteiger partial charge in [-0.1, -0.05) is 39.0 Å². The number of pyridine rings is 1. The van der Waals surface area contributed by atoms with Gasteiger partial charge in [-0.3, -0.25) is 4.98 Å². The highest BCUT2D eigenvalue weighted by molar-refractivity contribution is 5.94. The molecule has 1 aliphatic carbocycles. The van der Waals surface area contributed by atoms with E-state index in [4.69, 9.17) is 9.40 Å². The van der Waals surface area contributed by atoms with Crippen molar-refractivity contribution in [3.63, 3.8) is 0 Å². The Labute approximate surface area is 137 Å². The van der Waals surface area contributed by atoms with Crippen molar-refractivity contribution in [3.8, 4) is 11.3 Å². The van der Waals surface area contributed by atoms with Crippen molar-refractivity contribution in [2.75, 3.05) is 0 Å². The molecule has 0 fully saturated rings. The summed E-state index contributed by atoms with van der Waals surface area (Å²) in [4.78, 5) is 4.71. The fourth-order valence-electron chi connectivity index (χ4n) is 3.48. The summed E-state index contributed by atoms with van der Waals surface area (Å²) in [6, 6.07) is 10.7. The van der Waals surface area contributed by atoms with Crippen LogP contribution in [-0.2, 0) is 18.3 Å². The van der Waals surface area contributed by atoms with E-state index in [1.54, 1.807) is 0 Å². The Morgan fingerprint density at radius 1 is 1.00 bits per heavy atom. The van der Waals surface area contributed by atoms with E-state index >= 15 is 0 Å². The minimum atomic E-state index is 0.126. The SMILES string of the molecule is CC(C)(C)c1ccc(-c2cccc3c4c(oc23)CCCC4)nc1. The van der Waals surface area contributed by atoms with Crippen molar-refractivity contribution < 1.29 is 4.42 Å². The van der Waals surface area contributed by atoms with Crippen LogP contribution >= 0.6 is 0 Å². The van der Waals surface area contributed by atoms with E-state index < -0.39 is 0 Å². The smallest absolute Gasteiger partial charge is 0.143 e. The highest BCUT2D eigenvalue weighted by atomic mass is 16.3. The molecule has 2 heteroatoms. The molecular weight excluding hydrogens is 282 g/mol. The quantitative estimate of drug-likeness (QED) is 0.579. The molecule has 1 aromatic carbocycles. The summed E-state index contributed by atoms with van der Waals surface area (Å²) in [5.74, 6) is 1.19. The van der Waals surface area contributed by atoms with Crippen molar-refractivity contribution in [1.82, 2.24) is 4.98 Å². The Bertz CT molecular complexity index is 850. The van der Waals surface area contributed by atoms with E-state index in [0.717, 1.165) is 29.7 Å². The van der Waals surface area contributed by atoms with E-state index in [2.05, 4.69) is 51.1 Å². The van der Waals surface area contributed by atoms with Gasteiger partial charge in [-0.15, -0.1) is 0 Å². The first kappa shape index (κ1) is 14.5. The maximum atomic E-state index is 6.23. The Hall–Kier alpha value is -2.09. The Balaban J connectivity index is 1.84. The third kappa shape index (κ3) is 2.46. The summed E-state index contributed by atoms with van der Waals surface area (Å²) in [6.45, 7) is 6.64. The minimum Gasteiger partial charge on any atom is -0.460 e. The molecule has 2 aromatic heterocycles. The summed E-state index contributed by atoms with van der Waals surface area (Å²) in [5, 5.41) is 1.28. The Kier molecular flexibility index (Phi) is 3.29. The van der Waals surface area contributed by atoms with Crippen molar-refractivity contribution >= 4 is 11.0 Å². The molecule has 0 unspecified atom stereocenters. The molecule has 1 aliphatic rings. The van der Waals surface area contributed by atoms with E-state index in [0.29, 0.717) is 0 Å². The maximum absolute atomic E-state index is 6.23. The first-order valence-corrected chi connectivity index (χ1v) is 8.54. The van der Waals surface area contributed by atoms with Gasteiger partial charge in [-0.05, 0) is 42.4 Å². The van der Waals surface area contributed by atoms with E-state index in [1.165, 1.54) is 35.1 Å². The molecular formula is C21H23NO. The molecule has 0 bridgehead atoms. The zero-order valence-corrected chi connectivity index (χ0v) is 14.1. The largest absolute Gasteiger partial charge is 0.460 e. The number of hydrogen-bond donors (Lipinski definition) is 0. The standard InChI is InChI=1S/C21H23NO/c1-21(2,3)14-11-12-18(22-13-14)17-9-6-8-16-15-7-4-5-10-19(15)23-20(16)17/h6,8-9,11-13H,4-5,7,10H2,1-3H3. The highest BCUT2D eigenvalue weighted by Crippen LogP contribution is 2.37. The molecule has 0 spiro atoms. The lowest BCUT2D eigenvalue weighted by Gasteiger charge is -2.18. The molecule has 0 N–H and O–H groups in total. The van der Waals surface area contributed by atoms with Gasteiger partial charge in [-0.25, -0.2) is 0 Å². The van der Waals surface area contributed by atoms with Crippen LogP contribution in [0.1, 0.15) is 50.5 Å². The lowest BCUT2D eigenvalue weighted by Crippen LogP contribution is -2.11. The lowest BCUT2D eigenvalue weighted by molar-refractivity contribution is 0.506. The average molecular weight is 305 g/mol. The third-order valence-corrected chi connectivity index (χ3v) is 4.89. The van der Waals surface area contributed by atoms with Crippen LogP contribution in [0.5, 0.6) is 0 Å². The number of furan rings is 1. The number of aryl methyl sites for hydroxylation is 2. The summed E-state index contributed by atoms with van der Waals surface area (Å²) >= 11 is 0. The average Bonchev–Trinajstić information content (AvgIpc) is 2.93. The number of benzene rings is 1. The van der Waals surface area contributed by atoms with E-state index in [1.807, 2.05) is 6.20 Å². The maximum Gasteiger partial charge on any atom is 0.143 e. The van der Waals surface area contributed by atoms with Crippen LogP contribution < -0.4 is 0 Å². The fourth-order valence-corrected chi connectivity index (χ4v) is 3.48. The second-order valence-corrected chi connectivity index (χ2v) is 7.58. The first-order chi connectivity index (χ1) is 11.0.